The largest absolute Gasteiger partial charge is 0.392 e. The van der Waals surface area contributed by atoms with Crippen molar-refractivity contribution in [2.24, 2.45) is 0 Å². The molecule has 2 rings (SSSR count). The predicted molar refractivity (Wildman–Crippen MR) is 68.8 cm³/mol. The average Bonchev–Trinajstić information content (AvgIpc) is 2.79. The molecular formula is C13H12ClN3O. The van der Waals surface area contributed by atoms with Crippen molar-refractivity contribution in [2.45, 2.75) is 19.6 Å². The van der Waals surface area contributed by atoms with E-state index < -0.39 is 0 Å². The van der Waals surface area contributed by atoms with Gasteiger partial charge in [0.05, 0.1) is 31.3 Å². The van der Waals surface area contributed by atoms with Gasteiger partial charge in [0.25, 0.3) is 0 Å². The Hall–Kier alpha value is -1.83. The minimum atomic E-state index is -0.0889. The summed E-state index contributed by atoms with van der Waals surface area (Å²) in [5, 5.41) is 22.9. The normalized spacial score (nSPS) is 10.3. The van der Waals surface area contributed by atoms with E-state index in [0.29, 0.717) is 23.7 Å². The van der Waals surface area contributed by atoms with Gasteiger partial charge >= 0.3 is 0 Å². The van der Waals surface area contributed by atoms with Gasteiger partial charge in [-0.05, 0) is 12.1 Å². The Kier molecular flexibility index (Phi) is 3.98. The fourth-order valence-corrected chi connectivity index (χ4v) is 1.93. The maximum Gasteiger partial charge on any atom is 0.0978 e. The zero-order chi connectivity index (χ0) is 13.0. The summed E-state index contributed by atoms with van der Waals surface area (Å²) < 4.78 is 1.67. The first-order valence-corrected chi connectivity index (χ1v) is 5.92. The van der Waals surface area contributed by atoms with Gasteiger partial charge < -0.3 is 5.11 Å². The van der Waals surface area contributed by atoms with Gasteiger partial charge in [-0.2, -0.15) is 10.4 Å². The number of aryl methyl sites for hydroxylation is 1. The van der Waals surface area contributed by atoms with Crippen LogP contribution in [0.4, 0.5) is 0 Å². The Bertz CT molecular complexity index is 586. The molecule has 0 radical (unpaired) electrons. The molecule has 1 heterocycles. The molecule has 0 saturated carbocycles. The molecular weight excluding hydrogens is 250 g/mol. The summed E-state index contributed by atoms with van der Waals surface area (Å²) in [6.07, 6.45) is 2.15. The van der Waals surface area contributed by atoms with Crippen molar-refractivity contribution in [1.82, 2.24) is 9.78 Å². The van der Waals surface area contributed by atoms with E-state index in [-0.39, 0.29) is 6.61 Å². The lowest BCUT2D eigenvalue weighted by molar-refractivity contribution is 0.282. The SMILES string of the molecule is N#CCCn1cc(CO)c(-c2cccc(Cl)c2)n1. The summed E-state index contributed by atoms with van der Waals surface area (Å²) in [7, 11) is 0. The van der Waals surface area contributed by atoms with Crippen LogP contribution in [0, 0.1) is 11.3 Å². The van der Waals surface area contributed by atoms with Crippen LogP contribution < -0.4 is 0 Å². The highest BCUT2D eigenvalue weighted by Crippen LogP contribution is 2.24. The second-order valence-electron chi connectivity index (χ2n) is 3.84. The van der Waals surface area contributed by atoms with E-state index in [0.717, 1.165) is 11.1 Å². The van der Waals surface area contributed by atoms with Gasteiger partial charge in [-0.3, -0.25) is 4.68 Å². The lowest BCUT2D eigenvalue weighted by Gasteiger charge is -2.00. The molecule has 0 aliphatic carbocycles. The van der Waals surface area contributed by atoms with Gasteiger partial charge in [-0.15, -0.1) is 0 Å². The summed E-state index contributed by atoms with van der Waals surface area (Å²) in [6, 6.07) is 9.39. The highest BCUT2D eigenvalue weighted by Gasteiger charge is 2.10. The monoisotopic (exact) mass is 261 g/mol. The maximum absolute atomic E-state index is 9.34. The van der Waals surface area contributed by atoms with Crippen LogP contribution in [0.15, 0.2) is 30.5 Å². The molecule has 4 nitrogen and oxygen atoms in total. The van der Waals surface area contributed by atoms with E-state index in [4.69, 9.17) is 16.9 Å². The Morgan fingerprint density at radius 3 is 2.94 bits per heavy atom. The molecule has 0 spiro atoms. The number of hydrogen-bond donors (Lipinski definition) is 1. The van der Waals surface area contributed by atoms with Crippen molar-refractivity contribution in [1.29, 1.82) is 5.26 Å². The molecule has 1 N–H and O–H groups in total. The molecule has 0 unspecified atom stereocenters. The molecule has 0 aliphatic heterocycles. The number of aliphatic hydroxyl groups is 1. The van der Waals surface area contributed by atoms with Crippen LogP contribution in [0.3, 0.4) is 0 Å². The number of rotatable bonds is 4. The van der Waals surface area contributed by atoms with Crippen molar-refractivity contribution in [3.63, 3.8) is 0 Å². The van der Waals surface area contributed by atoms with Crippen LogP contribution in [-0.2, 0) is 13.2 Å². The minimum absolute atomic E-state index is 0.0889. The van der Waals surface area contributed by atoms with E-state index in [1.807, 2.05) is 12.1 Å². The average molecular weight is 262 g/mol. The van der Waals surface area contributed by atoms with Crippen molar-refractivity contribution < 1.29 is 5.11 Å². The van der Waals surface area contributed by atoms with Gasteiger partial charge in [0, 0.05) is 22.3 Å². The second-order valence-corrected chi connectivity index (χ2v) is 4.28. The van der Waals surface area contributed by atoms with Crippen LogP contribution >= 0.6 is 11.6 Å². The number of aliphatic hydroxyl groups excluding tert-OH is 1. The summed E-state index contributed by atoms with van der Waals surface area (Å²) in [5.41, 5.74) is 2.30. The number of nitrogens with zero attached hydrogens (tertiary/aromatic N) is 3. The minimum Gasteiger partial charge on any atom is -0.392 e. The molecule has 0 bridgehead atoms. The van der Waals surface area contributed by atoms with Crippen molar-refractivity contribution in [3.8, 4) is 17.3 Å². The highest BCUT2D eigenvalue weighted by atomic mass is 35.5. The fourth-order valence-electron chi connectivity index (χ4n) is 1.74. The molecule has 92 valence electrons. The molecule has 2 aromatic rings. The fraction of sp³-hybridized carbons (Fsp3) is 0.231. The summed E-state index contributed by atoms with van der Waals surface area (Å²) >= 11 is 5.94. The maximum atomic E-state index is 9.34. The highest BCUT2D eigenvalue weighted by molar-refractivity contribution is 6.30. The first kappa shape index (κ1) is 12.6. The summed E-state index contributed by atoms with van der Waals surface area (Å²) in [5.74, 6) is 0. The summed E-state index contributed by atoms with van der Waals surface area (Å²) in [6.45, 7) is 0.429. The third kappa shape index (κ3) is 2.70. The van der Waals surface area contributed by atoms with Gasteiger partial charge in [-0.1, -0.05) is 23.7 Å². The predicted octanol–water partition coefficient (Wildman–Crippen LogP) is 2.61. The Morgan fingerprint density at radius 1 is 1.44 bits per heavy atom. The topological polar surface area (TPSA) is 61.8 Å². The smallest absolute Gasteiger partial charge is 0.0978 e. The van der Waals surface area contributed by atoms with Gasteiger partial charge in [0.1, 0.15) is 0 Å². The molecule has 18 heavy (non-hydrogen) atoms. The lowest BCUT2D eigenvalue weighted by Crippen LogP contribution is -1.97. The lowest BCUT2D eigenvalue weighted by atomic mass is 10.1. The molecule has 1 aromatic carbocycles. The number of aromatic nitrogens is 2. The number of benzene rings is 1. The second kappa shape index (κ2) is 5.67. The van der Waals surface area contributed by atoms with Crippen LogP contribution in [-0.4, -0.2) is 14.9 Å². The van der Waals surface area contributed by atoms with Crippen LogP contribution in [0.25, 0.3) is 11.3 Å². The molecule has 0 saturated heterocycles. The first-order valence-electron chi connectivity index (χ1n) is 5.54. The zero-order valence-electron chi connectivity index (χ0n) is 9.67. The van der Waals surface area contributed by atoms with Crippen molar-refractivity contribution in [2.75, 3.05) is 0 Å². The van der Waals surface area contributed by atoms with E-state index in [2.05, 4.69) is 11.2 Å². The van der Waals surface area contributed by atoms with Crippen molar-refractivity contribution in [3.05, 3.63) is 41.0 Å². The Balaban J connectivity index is 2.37. The van der Waals surface area contributed by atoms with Gasteiger partial charge in [0.15, 0.2) is 0 Å². The zero-order valence-corrected chi connectivity index (χ0v) is 10.4. The molecule has 1 aromatic heterocycles. The van der Waals surface area contributed by atoms with E-state index in [1.54, 1.807) is 23.0 Å². The van der Waals surface area contributed by atoms with Crippen LogP contribution in [0.1, 0.15) is 12.0 Å². The van der Waals surface area contributed by atoms with Crippen LogP contribution in [0.5, 0.6) is 0 Å². The Morgan fingerprint density at radius 2 is 2.28 bits per heavy atom. The van der Waals surface area contributed by atoms with Gasteiger partial charge in [0.2, 0.25) is 0 Å². The van der Waals surface area contributed by atoms with Crippen molar-refractivity contribution >= 4 is 11.6 Å². The Labute approximate surface area is 110 Å². The van der Waals surface area contributed by atoms with Crippen LogP contribution in [0.2, 0.25) is 5.02 Å². The number of nitriles is 1. The number of hydrogen-bond acceptors (Lipinski definition) is 3. The summed E-state index contributed by atoms with van der Waals surface area (Å²) in [4.78, 5) is 0. The molecule has 0 fully saturated rings. The third-order valence-corrected chi connectivity index (χ3v) is 2.79. The van der Waals surface area contributed by atoms with E-state index in [9.17, 15) is 5.11 Å². The standard InChI is InChI=1S/C13H12ClN3O/c14-12-4-1-3-10(7-12)13-11(9-18)8-17(16-13)6-2-5-15/h1,3-4,7-8,18H,2,6,9H2. The molecule has 0 atom stereocenters. The van der Waals surface area contributed by atoms with E-state index >= 15 is 0 Å². The third-order valence-electron chi connectivity index (χ3n) is 2.56. The molecule has 0 amide bonds. The number of halogens is 1. The molecule has 5 heteroatoms. The van der Waals surface area contributed by atoms with E-state index in [1.165, 1.54) is 0 Å². The molecule has 0 aliphatic rings. The van der Waals surface area contributed by atoms with Gasteiger partial charge in [-0.25, -0.2) is 0 Å². The quantitative estimate of drug-likeness (QED) is 0.920. The first-order chi connectivity index (χ1) is 8.74.